The first-order valence-electron chi connectivity index (χ1n) is 9.40. The SMILES string of the molecule is O=C(c1cc(F)cc(F)c1)C1CC2CCCC(C1)N2Cc1ccccc1. The van der Waals surface area contributed by atoms with Gasteiger partial charge in [0.05, 0.1) is 0 Å². The van der Waals surface area contributed by atoms with E-state index in [4.69, 9.17) is 0 Å². The number of piperidine rings is 2. The maximum atomic E-state index is 13.5. The number of benzene rings is 2. The molecule has 2 heterocycles. The van der Waals surface area contributed by atoms with E-state index in [0.717, 1.165) is 50.4 Å². The molecule has 2 unspecified atom stereocenters. The zero-order valence-corrected chi connectivity index (χ0v) is 14.7. The normalized spacial score (nSPS) is 25.8. The van der Waals surface area contributed by atoms with E-state index in [-0.39, 0.29) is 17.3 Å². The molecule has 2 saturated heterocycles. The Balaban J connectivity index is 1.51. The van der Waals surface area contributed by atoms with E-state index in [0.29, 0.717) is 12.1 Å². The lowest BCUT2D eigenvalue weighted by atomic mass is 9.75. The van der Waals surface area contributed by atoms with Crippen molar-refractivity contribution in [3.8, 4) is 0 Å². The molecule has 0 saturated carbocycles. The Morgan fingerprint density at radius 2 is 1.58 bits per heavy atom. The van der Waals surface area contributed by atoms with Crippen LogP contribution in [-0.4, -0.2) is 22.8 Å². The van der Waals surface area contributed by atoms with Crippen molar-refractivity contribution in [1.82, 2.24) is 4.90 Å². The number of carbonyl (C=O) groups is 1. The second-order valence-corrected chi connectivity index (χ2v) is 7.59. The summed E-state index contributed by atoms with van der Waals surface area (Å²) >= 11 is 0. The molecule has 0 radical (unpaired) electrons. The van der Waals surface area contributed by atoms with Crippen LogP contribution in [0.25, 0.3) is 0 Å². The third-order valence-corrected chi connectivity index (χ3v) is 5.85. The topological polar surface area (TPSA) is 20.3 Å². The lowest BCUT2D eigenvalue weighted by Crippen LogP contribution is -2.52. The van der Waals surface area contributed by atoms with Gasteiger partial charge in [0, 0.05) is 36.2 Å². The third-order valence-electron chi connectivity index (χ3n) is 5.85. The summed E-state index contributed by atoms with van der Waals surface area (Å²) in [6.07, 6.45) is 4.92. The van der Waals surface area contributed by atoms with Gasteiger partial charge in [-0.1, -0.05) is 36.8 Å². The summed E-state index contributed by atoms with van der Waals surface area (Å²) in [5, 5.41) is 0. The number of carbonyl (C=O) groups excluding carboxylic acids is 1. The van der Waals surface area contributed by atoms with E-state index >= 15 is 0 Å². The zero-order valence-electron chi connectivity index (χ0n) is 14.7. The highest BCUT2D eigenvalue weighted by Gasteiger charge is 2.40. The van der Waals surface area contributed by atoms with Gasteiger partial charge < -0.3 is 0 Å². The van der Waals surface area contributed by atoms with Crippen molar-refractivity contribution in [2.45, 2.75) is 50.7 Å². The second-order valence-electron chi connectivity index (χ2n) is 7.59. The molecule has 4 rings (SSSR count). The zero-order chi connectivity index (χ0) is 18.1. The highest BCUT2D eigenvalue weighted by Crippen LogP contribution is 2.39. The molecule has 2 aliphatic heterocycles. The monoisotopic (exact) mass is 355 g/mol. The van der Waals surface area contributed by atoms with Crippen molar-refractivity contribution in [2.75, 3.05) is 0 Å². The van der Waals surface area contributed by atoms with E-state index < -0.39 is 11.6 Å². The summed E-state index contributed by atoms with van der Waals surface area (Å²) in [4.78, 5) is 15.4. The number of ketones is 1. The molecule has 4 heteroatoms. The van der Waals surface area contributed by atoms with Crippen LogP contribution in [0.5, 0.6) is 0 Å². The average molecular weight is 355 g/mol. The van der Waals surface area contributed by atoms with E-state index in [1.54, 1.807) is 0 Å². The minimum Gasteiger partial charge on any atom is -0.294 e. The van der Waals surface area contributed by atoms with E-state index in [1.807, 2.05) is 6.07 Å². The molecule has 2 atom stereocenters. The molecule has 136 valence electrons. The molecule has 0 N–H and O–H groups in total. The fourth-order valence-electron chi connectivity index (χ4n) is 4.68. The molecular formula is C22H23F2NO. The van der Waals surface area contributed by atoms with Crippen LogP contribution in [0, 0.1) is 17.6 Å². The quantitative estimate of drug-likeness (QED) is 0.721. The summed E-state index contributed by atoms with van der Waals surface area (Å²) in [5.74, 6) is -1.62. The van der Waals surface area contributed by atoms with Crippen molar-refractivity contribution < 1.29 is 13.6 Å². The van der Waals surface area contributed by atoms with Gasteiger partial charge in [-0.05, 0) is 43.4 Å². The minimum atomic E-state index is -0.685. The van der Waals surface area contributed by atoms with Crippen LogP contribution in [0.3, 0.4) is 0 Å². The van der Waals surface area contributed by atoms with Crippen molar-refractivity contribution in [2.24, 2.45) is 5.92 Å². The highest BCUT2D eigenvalue weighted by molar-refractivity contribution is 5.98. The molecule has 2 bridgehead atoms. The highest BCUT2D eigenvalue weighted by atomic mass is 19.1. The van der Waals surface area contributed by atoms with Crippen LogP contribution in [0.2, 0.25) is 0 Å². The number of hydrogen-bond acceptors (Lipinski definition) is 2. The van der Waals surface area contributed by atoms with Gasteiger partial charge in [0.25, 0.3) is 0 Å². The van der Waals surface area contributed by atoms with Gasteiger partial charge in [-0.2, -0.15) is 0 Å². The lowest BCUT2D eigenvalue weighted by Gasteiger charge is -2.48. The van der Waals surface area contributed by atoms with Crippen molar-refractivity contribution >= 4 is 5.78 Å². The number of Topliss-reactive ketones (excluding diaryl/α,β-unsaturated/α-hetero) is 1. The molecule has 2 aliphatic rings. The summed E-state index contributed by atoms with van der Waals surface area (Å²) in [6.45, 7) is 0.908. The second kappa shape index (κ2) is 7.28. The van der Waals surface area contributed by atoms with Crippen molar-refractivity contribution in [1.29, 1.82) is 0 Å². The molecule has 0 spiro atoms. The van der Waals surface area contributed by atoms with Gasteiger partial charge >= 0.3 is 0 Å². The van der Waals surface area contributed by atoms with Gasteiger partial charge in [0.2, 0.25) is 0 Å². The van der Waals surface area contributed by atoms with Gasteiger partial charge in [-0.25, -0.2) is 8.78 Å². The number of hydrogen-bond donors (Lipinski definition) is 0. The third kappa shape index (κ3) is 3.56. The predicted molar refractivity (Wildman–Crippen MR) is 96.8 cm³/mol. The number of nitrogens with zero attached hydrogens (tertiary/aromatic N) is 1. The molecule has 0 aliphatic carbocycles. The molecular weight excluding hydrogens is 332 g/mol. The fraction of sp³-hybridized carbons (Fsp3) is 0.409. The summed E-state index contributed by atoms with van der Waals surface area (Å²) < 4.78 is 27.0. The van der Waals surface area contributed by atoms with E-state index in [1.165, 1.54) is 12.0 Å². The maximum absolute atomic E-state index is 13.5. The number of halogens is 2. The van der Waals surface area contributed by atoms with Gasteiger partial charge in [-0.3, -0.25) is 9.69 Å². The van der Waals surface area contributed by atoms with Crippen molar-refractivity contribution in [3.63, 3.8) is 0 Å². The van der Waals surface area contributed by atoms with Crippen LogP contribution in [0.15, 0.2) is 48.5 Å². The van der Waals surface area contributed by atoms with Crippen LogP contribution >= 0.6 is 0 Å². The first kappa shape index (κ1) is 17.3. The fourth-order valence-corrected chi connectivity index (χ4v) is 4.68. The molecule has 2 aromatic carbocycles. The maximum Gasteiger partial charge on any atom is 0.166 e. The lowest BCUT2D eigenvalue weighted by molar-refractivity contribution is 0.00904. The van der Waals surface area contributed by atoms with Crippen LogP contribution in [0.4, 0.5) is 8.78 Å². The first-order chi connectivity index (χ1) is 12.6. The first-order valence-corrected chi connectivity index (χ1v) is 9.40. The Morgan fingerprint density at radius 3 is 2.19 bits per heavy atom. The standard InChI is InChI=1S/C22H23F2NO/c23-18-9-16(10-19(24)13-18)22(26)17-11-20-7-4-8-21(12-17)25(20)14-15-5-2-1-3-6-15/h1-3,5-6,9-10,13,17,20-21H,4,7-8,11-12,14H2. The van der Waals surface area contributed by atoms with Crippen LogP contribution in [-0.2, 0) is 6.54 Å². The predicted octanol–water partition coefficient (Wildman–Crippen LogP) is 4.98. The number of fused-ring (bicyclic) bond motifs is 2. The Hall–Kier alpha value is -2.07. The molecule has 26 heavy (non-hydrogen) atoms. The largest absolute Gasteiger partial charge is 0.294 e. The Labute approximate surface area is 152 Å². The summed E-state index contributed by atoms with van der Waals surface area (Å²) in [5.41, 5.74) is 1.46. The van der Waals surface area contributed by atoms with Crippen LogP contribution < -0.4 is 0 Å². The van der Waals surface area contributed by atoms with E-state index in [2.05, 4.69) is 29.2 Å². The molecule has 0 aromatic heterocycles. The molecule has 2 fully saturated rings. The Morgan fingerprint density at radius 1 is 0.962 bits per heavy atom. The summed E-state index contributed by atoms with van der Waals surface area (Å²) in [6, 6.07) is 14.3. The summed E-state index contributed by atoms with van der Waals surface area (Å²) in [7, 11) is 0. The van der Waals surface area contributed by atoms with E-state index in [9.17, 15) is 13.6 Å². The van der Waals surface area contributed by atoms with Gasteiger partial charge in [-0.15, -0.1) is 0 Å². The Kier molecular flexibility index (Phi) is 4.86. The molecule has 0 amide bonds. The Bertz CT molecular complexity index is 758. The van der Waals surface area contributed by atoms with Crippen LogP contribution in [0.1, 0.15) is 48.0 Å². The van der Waals surface area contributed by atoms with Gasteiger partial charge in [0.15, 0.2) is 5.78 Å². The van der Waals surface area contributed by atoms with Crippen molar-refractivity contribution in [3.05, 3.63) is 71.3 Å². The number of rotatable bonds is 4. The minimum absolute atomic E-state index is 0.111. The van der Waals surface area contributed by atoms with Gasteiger partial charge in [0.1, 0.15) is 11.6 Å². The smallest absolute Gasteiger partial charge is 0.166 e. The molecule has 2 nitrogen and oxygen atoms in total. The molecule has 2 aromatic rings. The average Bonchev–Trinajstić information content (AvgIpc) is 2.61.